The summed E-state index contributed by atoms with van der Waals surface area (Å²) in [4.78, 5) is 25.5. The number of halogens is 3. The number of hydrogen-bond acceptors (Lipinski definition) is 4. The highest BCUT2D eigenvalue weighted by atomic mass is 19.4. The van der Waals surface area contributed by atoms with Crippen LogP contribution < -0.4 is 9.64 Å². The summed E-state index contributed by atoms with van der Waals surface area (Å²) in [6.45, 7) is 0.136. The molecule has 0 aliphatic carbocycles. The average molecular weight is 429 g/mol. The van der Waals surface area contributed by atoms with Gasteiger partial charge >= 0.3 is 18.2 Å². The van der Waals surface area contributed by atoms with Gasteiger partial charge in [0.2, 0.25) is 0 Å². The smallest absolute Gasteiger partial charge is 0.462 e. The number of rotatable bonds is 5. The van der Waals surface area contributed by atoms with Crippen molar-refractivity contribution in [2.75, 3.05) is 12.0 Å². The predicted molar refractivity (Wildman–Crippen MR) is 108 cm³/mol. The zero-order valence-corrected chi connectivity index (χ0v) is 16.4. The van der Waals surface area contributed by atoms with Crippen molar-refractivity contribution in [1.82, 2.24) is 0 Å². The molecule has 1 amide bonds. The van der Waals surface area contributed by atoms with Gasteiger partial charge in [-0.1, -0.05) is 54.6 Å². The van der Waals surface area contributed by atoms with Gasteiger partial charge < -0.3 is 9.47 Å². The van der Waals surface area contributed by atoms with Gasteiger partial charge in [0, 0.05) is 5.69 Å². The Bertz CT molecular complexity index is 1030. The molecule has 5 nitrogen and oxygen atoms in total. The number of carbonyl (C=O) groups excluding carboxylic acids is 2. The Morgan fingerprint density at radius 1 is 0.839 bits per heavy atom. The third kappa shape index (κ3) is 5.85. The second kappa shape index (κ2) is 9.34. The summed E-state index contributed by atoms with van der Waals surface area (Å²) in [5, 5.41) is 0. The van der Waals surface area contributed by atoms with Gasteiger partial charge in [-0.3, -0.25) is 9.69 Å². The lowest BCUT2D eigenvalue weighted by Gasteiger charge is -2.21. The van der Waals surface area contributed by atoms with Crippen molar-refractivity contribution >= 4 is 17.6 Å². The Labute approximate surface area is 176 Å². The van der Waals surface area contributed by atoms with Crippen molar-refractivity contribution in [3.05, 3.63) is 84.4 Å². The summed E-state index contributed by atoms with van der Waals surface area (Å²) in [6, 6.07) is 21.3. The molecule has 0 aromatic heterocycles. The Morgan fingerprint density at radius 3 is 1.90 bits per heavy atom. The van der Waals surface area contributed by atoms with Crippen molar-refractivity contribution in [2.45, 2.75) is 12.9 Å². The van der Waals surface area contributed by atoms with E-state index < -0.39 is 18.2 Å². The van der Waals surface area contributed by atoms with Gasteiger partial charge in [0.25, 0.3) is 0 Å². The first-order valence-corrected chi connectivity index (χ1v) is 9.17. The van der Waals surface area contributed by atoms with E-state index in [0.717, 1.165) is 18.2 Å². The lowest BCUT2D eigenvalue weighted by Crippen LogP contribution is -2.36. The first-order valence-electron chi connectivity index (χ1n) is 9.17. The molecule has 0 atom stereocenters. The van der Waals surface area contributed by atoms with E-state index in [0.29, 0.717) is 11.3 Å². The minimum atomic E-state index is -4.74. The highest BCUT2D eigenvalue weighted by Crippen LogP contribution is 2.27. The van der Waals surface area contributed by atoms with Crippen LogP contribution in [0.2, 0.25) is 0 Å². The van der Waals surface area contributed by atoms with Crippen LogP contribution >= 0.6 is 0 Å². The van der Waals surface area contributed by atoms with E-state index in [4.69, 9.17) is 0 Å². The lowest BCUT2D eigenvalue weighted by molar-refractivity contribution is -0.274. The average Bonchev–Trinajstić information content (AvgIpc) is 2.77. The van der Waals surface area contributed by atoms with Crippen molar-refractivity contribution in [2.24, 2.45) is 0 Å². The van der Waals surface area contributed by atoms with Crippen LogP contribution in [0.1, 0.15) is 5.56 Å². The molecule has 3 aromatic carbocycles. The first-order chi connectivity index (χ1) is 14.8. The summed E-state index contributed by atoms with van der Waals surface area (Å²) in [5.41, 5.74) is 2.77. The van der Waals surface area contributed by atoms with E-state index in [1.54, 1.807) is 54.6 Å². The number of amides is 1. The number of nitrogens with zero attached hydrogens (tertiary/aromatic N) is 1. The normalized spacial score (nSPS) is 11.0. The Kier molecular flexibility index (Phi) is 6.59. The highest BCUT2D eigenvalue weighted by Gasteiger charge is 2.31. The first kappa shape index (κ1) is 21.9. The molecule has 0 unspecified atom stereocenters. The molecule has 0 N–H and O–H groups in total. The molecule has 0 spiro atoms. The Morgan fingerprint density at radius 2 is 1.39 bits per heavy atom. The van der Waals surface area contributed by atoms with E-state index in [1.165, 1.54) is 29.2 Å². The largest absolute Gasteiger partial charge is 0.573 e. The maximum Gasteiger partial charge on any atom is 0.573 e. The van der Waals surface area contributed by atoms with E-state index in [9.17, 15) is 22.8 Å². The standard InChI is InChI=1S/C23H18F3NO4/c1-30-22(29)21(28)27(19-5-3-2-4-6-19)15-16-7-9-17(10-8-16)18-11-13-20(14-12-18)31-23(24,25)26/h2-14H,15H2,1H3. The van der Waals surface area contributed by atoms with Crippen molar-refractivity contribution < 1.29 is 32.2 Å². The molecule has 0 saturated carbocycles. The van der Waals surface area contributed by atoms with Crippen LogP contribution in [-0.4, -0.2) is 25.3 Å². The number of benzene rings is 3. The summed E-state index contributed by atoms with van der Waals surface area (Å²) in [7, 11) is 1.14. The summed E-state index contributed by atoms with van der Waals surface area (Å²) in [5.74, 6) is -2.06. The van der Waals surface area contributed by atoms with Gasteiger partial charge in [-0.25, -0.2) is 4.79 Å². The van der Waals surface area contributed by atoms with Crippen LogP contribution in [-0.2, 0) is 20.9 Å². The van der Waals surface area contributed by atoms with Crippen LogP contribution in [0.5, 0.6) is 5.75 Å². The number of ether oxygens (including phenoxy) is 2. The summed E-state index contributed by atoms with van der Waals surface area (Å²) in [6.07, 6.45) is -4.74. The van der Waals surface area contributed by atoms with Gasteiger partial charge in [0.05, 0.1) is 13.7 Å². The lowest BCUT2D eigenvalue weighted by atomic mass is 10.0. The number of carbonyl (C=O) groups is 2. The molecule has 8 heteroatoms. The maximum atomic E-state index is 12.5. The maximum absolute atomic E-state index is 12.5. The molecule has 31 heavy (non-hydrogen) atoms. The zero-order chi connectivity index (χ0) is 22.4. The molecule has 0 radical (unpaired) electrons. The number of hydrogen-bond donors (Lipinski definition) is 0. The molecule has 0 heterocycles. The fraction of sp³-hybridized carbons (Fsp3) is 0.130. The molecule has 0 fully saturated rings. The number of anilines is 1. The van der Waals surface area contributed by atoms with Gasteiger partial charge in [0.15, 0.2) is 0 Å². The minimum absolute atomic E-state index is 0.136. The number of para-hydroxylation sites is 1. The van der Waals surface area contributed by atoms with Crippen LogP contribution in [0, 0.1) is 0 Å². The topological polar surface area (TPSA) is 55.8 Å². The molecular formula is C23H18F3NO4. The van der Waals surface area contributed by atoms with Gasteiger partial charge in [-0.2, -0.15) is 0 Å². The summed E-state index contributed by atoms with van der Waals surface area (Å²) >= 11 is 0. The second-order valence-corrected chi connectivity index (χ2v) is 6.49. The second-order valence-electron chi connectivity index (χ2n) is 6.49. The Hall–Kier alpha value is -3.81. The zero-order valence-electron chi connectivity index (χ0n) is 16.4. The van der Waals surface area contributed by atoms with E-state index in [1.807, 2.05) is 0 Å². The SMILES string of the molecule is COC(=O)C(=O)N(Cc1ccc(-c2ccc(OC(F)(F)F)cc2)cc1)c1ccccc1. The fourth-order valence-electron chi connectivity index (χ4n) is 2.92. The quantitative estimate of drug-likeness (QED) is 0.425. The van der Waals surface area contributed by atoms with Gasteiger partial charge in [-0.05, 0) is 41.0 Å². The number of alkyl halides is 3. The molecule has 0 bridgehead atoms. The molecule has 0 aliphatic rings. The van der Waals surface area contributed by atoms with Crippen LogP contribution in [0.3, 0.4) is 0 Å². The molecular weight excluding hydrogens is 411 g/mol. The van der Waals surface area contributed by atoms with E-state index in [-0.39, 0.29) is 12.3 Å². The molecule has 0 aliphatic heterocycles. The van der Waals surface area contributed by atoms with E-state index in [2.05, 4.69) is 9.47 Å². The molecule has 3 rings (SSSR count). The van der Waals surface area contributed by atoms with Gasteiger partial charge in [-0.15, -0.1) is 13.2 Å². The third-order valence-electron chi connectivity index (χ3n) is 4.39. The van der Waals surface area contributed by atoms with Crippen LogP contribution in [0.25, 0.3) is 11.1 Å². The number of esters is 1. The minimum Gasteiger partial charge on any atom is -0.462 e. The highest BCUT2D eigenvalue weighted by molar-refractivity contribution is 6.38. The molecule has 0 saturated heterocycles. The van der Waals surface area contributed by atoms with Crippen molar-refractivity contribution in [3.8, 4) is 16.9 Å². The molecule has 160 valence electrons. The Balaban J connectivity index is 1.78. The number of methoxy groups -OCH3 is 1. The third-order valence-corrected chi connectivity index (χ3v) is 4.39. The fourth-order valence-corrected chi connectivity index (χ4v) is 2.92. The van der Waals surface area contributed by atoms with Crippen LogP contribution in [0.4, 0.5) is 18.9 Å². The van der Waals surface area contributed by atoms with Crippen molar-refractivity contribution in [3.63, 3.8) is 0 Å². The summed E-state index contributed by atoms with van der Waals surface area (Å²) < 4.78 is 45.3. The molecule has 3 aromatic rings. The van der Waals surface area contributed by atoms with E-state index >= 15 is 0 Å². The van der Waals surface area contributed by atoms with Crippen LogP contribution in [0.15, 0.2) is 78.9 Å². The van der Waals surface area contributed by atoms with Gasteiger partial charge in [0.1, 0.15) is 5.75 Å². The monoisotopic (exact) mass is 429 g/mol. The predicted octanol–water partition coefficient (Wildman–Crippen LogP) is 4.96. The van der Waals surface area contributed by atoms with Crippen molar-refractivity contribution in [1.29, 1.82) is 0 Å².